The number of carbonyl (C=O) groups is 1. The Hall–Kier alpha value is -1.51. The van der Waals surface area contributed by atoms with E-state index in [0.717, 1.165) is 0 Å². The van der Waals surface area contributed by atoms with E-state index in [4.69, 9.17) is 4.42 Å². The Morgan fingerprint density at radius 2 is 2.50 bits per heavy atom. The second kappa shape index (κ2) is 3.76. The fraction of sp³-hybridized carbons (Fsp3) is 0.222. The highest BCUT2D eigenvalue weighted by Crippen LogP contribution is 2.08. The van der Waals surface area contributed by atoms with Crippen LogP contribution < -0.4 is 5.32 Å². The molecule has 0 spiro atoms. The Bertz CT molecular complexity index is 288. The van der Waals surface area contributed by atoms with Crippen LogP contribution >= 0.6 is 0 Å². The smallest absolute Gasteiger partial charge is 0.227 e. The van der Waals surface area contributed by atoms with Gasteiger partial charge in [0.25, 0.3) is 0 Å². The van der Waals surface area contributed by atoms with Crippen molar-refractivity contribution in [2.45, 2.75) is 6.42 Å². The van der Waals surface area contributed by atoms with Gasteiger partial charge in [0.2, 0.25) is 5.91 Å². The molecule has 0 fully saturated rings. The van der Waals surface area contributed by atoms with Crippen molar-refractivity contribution in [3.63, 3.8) is 0 Å². The Morgan fingerprint density at radius 1 is 1.75 bits per heavy atom. The fourth-order valence-corrected chi connectivity index (χ4v) is 0.846. The third kappa shape index (κ3) is 1.99. The Labute approximate surface area is 71.1 Å². The lowest BCUT2D eigenvalue weighted by Crippen LogP contribution is -2.19. The molecule has 12 heavy (non-hydrogen) atoms. The van der Waals surface area contributed by atoms with Crippen LogP contribution in [0.2, 0.25) is 0 Å². The minimum atomic E-state index is -0.0556. The summed E-state index contributed by atoms with van der Waals surface area (Å²) < 4.78 is 5.23. The number of likely N-dealkylation sites (N-methyl/N-ethyl adjacent to an activating group) is 1. The highest BCUT2D eigenvalue weighted by Gasteiger charge is 2.03. The van der Waals surface area contributed by atoms with Crippen molar-refractivity contribution in [3.8, 4) is 0 Å². The molecule has 1 aromatic rings. The molecular formula is C9H11NO2. The van der Waals surface area contributed by atoms with Crippen LogP contribution in [0.5, 0.6) is 0 Å². The second-order valence-corrected chi connectivity index (χ2v) is 2.36. The number of hydrogen-bond acceptors (Lipinski definition) is 2. The topological polar surface area (TPSA) is 42.2 Å². The summed E-state index contributed by atoms with van der Waals surface area (Å²) in [6.07, 6.45) is 1.89. The van der Waals surface area contributed by atoms with Crippen LogP contribution in [0.4, 0.5) is 0 Å². The Morgan fingerprint density at radius 3 is 3.00 bits per heavy atom. The molecular weight excluding hydrogens is 154 g/mol. The monoisotopic (exact) mass is 165 g/mol. The molecule has 3 heteroatoms. The lowest BCUT2D eigenvalue weighted by molar-refractivity contribution is -0.120. The van der Waals surface area contributed by atoms with Crippen LogP contribution in [-0.2, 0) is 11.2 Å². The van der Waals surface area contributed by atoms with E-state index in [2.05, 4.69) is 11.9 Å². The van der Waals surface area contributed by atoms with Crippen molar-refractivity contribution in [3.05, 3.63) is 30.2 Å². The number of amides is 1. The predicted molar refractivity (Wildman–Crippen MR) is 46.6 cm³/mol. The minimum absolute atomic E-state index is 0.0556. The van der Waals surface area contributed by atoms with Crippen molar-refractivity contribution < 1.29 is 9.21 Å². The summed E-state index contributed by atoms with van der Waals surface area (Å²) in [5, 5.41) is 2.52. The molecule has 1 heterocycles. The number of carbonyl (C=O) groups excluding carboxylic acids is 1. The highest BCUT2D eigenvalue weighted by molar-refractivity contribution is 5.77. The molecule has 0 aliphatic rings. The molecule has 0 aliphatic carbocycles. The molecule has 0 saturated heterocycles. The SMILES string of the molecule is C=Cc1ccc(CC(=O)NC)o1. The summed E-state index contributed by atoms with van der Waals surface area (Å²) in [7, 11) is 1.60. The van der Waals surface area contributed by atoms with Gasteiger partial charge in [-0.25, -0.2) is 0 Å². The van der Waals surface area contributed by atoms with Crippen LogP contribution in [0, 0.1) is 0 Å². The first-order valence-electron chi connectivity index (χ1n) is 3.68. The van der Waals surface area contributed by atoms with Crippen molar-refractivity contribution in [2.75, 3.05) is 7.05 Å². The van der Waals surface area contributed by atoms with E-state index < -0.39 is 0 Å². The average Bonchev–Trinajstić information content (AvgIpc) is 2.52. The lowest BCUT2D eigenvalue weighted by Gasteiger charge is -1.94. The summed E-state index contributed by atoms with van der Waals surface area (Å²) in [5.74, 6) is 1.29. The predicted octanol–water partition coefficient (Wildman–Crippen LogP) is 1.21. The van der Waals surface area contributed by atoms with Crippen LogP contribution in [-0.4, -0.2) is 13.0 Å². The van der Waals surface area contributed by atoms with Gasteiger partial charge in [-0.2, -0.15) is 0 Å². The molecule has 0 bridgehead atoms. The zero-order valence-corrected chi connectivity index (χ0v) is 6.96. The van der Waals surface area contributed by atoms with Gasteiger partial charge in [0.05, 0.1) is 6.42 Å². The summed E-state index contributed by atoms with van der Waals surface area (Å²) in [4.78, 5) is 10.9. The number of furan rings is 1. The maximum atomic E-state index is 10.9. The third-order valence-electron chi connectivity index (χ3n) is 1.50. The molecule has 1 rings (SSSR count). The van der Waals surface area contributed by atoms with Crippen molar-refractivity contribution >= 4 is 12.0 Å². The van der Waals surface area contributed by atoms with E-state index in [9.17, 15) is 4.79 Å². The molecule has 0 atom stereocenters. The molecule has 0 aliphatic heterocycles. The van der Waals surface area contributed by atoms with E-state index >= 15 is 0 Å². The average molecular weight is 165 g/mol. The van der Waals surface area contributed by atoms with Gasteiger partial charge < -0.3 is 9.73 Å². The summed E-state index contributed by atoms with van der Waals surface area (Å²) in [5.41, 5.74) is 0. The van der Waals surface area contributed by atoms with E-state index in [1.807, 2.05) is 0 Å². The first-order valence-corrected chi connectivity index (χ1v) is 3.68. The largest absolute Gasteiger partial charge is 0.461 e. The van der Waals surface area contributed by atoms with E-state index in [0.29, 0.717) is 11.5 Å². The molecule has 0 aromatic carbocycles. The van der Waals surface area contributed by atoms with Crippen LogP contribution in [0.15, 0.2) is 23.1 Å². The minimum Gasteiger partial charge on any atom is -0.461 e. The fourth-order valence-electron chi connectivity index (χ4n) is 0.846. The number of hydrogen-bond donors (Lipinski definition) is 1. The van der Waals surface area contributed by atoms with Crippen molar-refractivity contribution in [2.24, 2.45) is 0 Å². The zero-order valence-electron chi connectivity index (χ0n) is 6.96. The normalized spacial score (nSPS) is 9.42. The first kappa shape index (κ1) is 8.59. The quantitative estimate of drug-likeness (QED) is 0.731. The van der Waals surface area contributed by atoms with Gasteiger partial charge in [0.15, 0.2) is 0 Å². The van der Waals surface area contributed by atoms with Gasteiger partial charge in [-0.05, 0) is 18.2 Å². The van der Waals surface area contributed by atoms with Crippen LogP contribution in [0.1, 0.15) is 11.5 Å². The molecule has 1 N–H and O–H groups in total. The van der Waals surface area contributed by atoms with Gasteiger partial charge in [0.1, 0.15) is 11.5 Å². The van der Waals surface area contributed by atoms with Crippen molar-refractivity contribution in [1.29, 1.82) is 0 Å². The molecule has 0 unspecified atom stereocenters. The van der Waals surface area contributed by atoms with Gasteiger partial charge in [-0.15, -0.1) is 0 Å². The van der Waals surface area contributed by atoms with E-state index in [1.165, 1.54) is 0 Å². The molecule has 3 nitrogen and oxygen atoms in total. The zero-order chi connectivity index (χ0) is 8.97. The highest BCUT2D eigenvalue weighted by atomic mass is 16.3. The summed E-state index contributed by atoms with van der Waals surface area (Å²) in [6.45, 7) is 3.55. The third-order valence-corrected chi connectivity index (χ3v) is 1.50. The second-order valence-electron chi connectivity index (χ2n) is 2.36. The van der Waals surface area contributed by atoms with Gasteiger partial charge >= 0.3 is 0 Å². The van der Waals surface area contributed by atoms with E-state index in [-0.39, 0.29) is 12.3 Å². The van der Waals surface area contributed by atoms with Gasteiger partial charge in [-0.1, -0.05) is 6.58 Å². The van der Waals surface area contributed by atoms with Crippen LogP contribution in [0.3, 0.4) is 0 Å². The Balaban J connectivity index is 2.63. The molecule has 0 saturated carbocycles. The maximum absolute atomic E-state index is 10.9. The number of rotatable bonds is 3. The number of nitrogens with one attached hydrogen (secondary N) is 1. The summed E-state index contributed by atoms with van der Waals surface area (Å²) in [6, 6.07) is 3.55. The maximum Gasteiger partial charge on any atom is 0.227 e. The molecule has 64 valence electrons. The van der Waals surface area contributed by atoms with Crippen LogP contribution in [0.25, 0.3) is 6.08 Å². The first-order chi connectivity index (χ1) is 5.76. The van der Waals surface area contributed by atoms with Gasteiger partial charge in [0, 0.05) is 7.05 Å². The molecule has 0 radical (unpaired) electrons. The Kier molecular flexibility index (Phi) is 2.69. The molecule has 1 amide bonds. The summed E-state index contributed by atoms with van der Waals surface area (Å²) >= 11 is 0. The van der Waals surface area contributed by atoms with E-state index in [1.54, 1.807) is 25.3 Å². The van der Waals surface area contributed by atoms with Crippen molar-refractivity contribution in [1.82, 2.24) is 5.32 Å². The lowest BCUT2D eigenvalue weighted by atomic mass is 10.3. The molecule has 1 aromatic heterocycles. The standard InChI is InChI=1S/C9H11NO2/c1-3-7-4-5-8(12-7)6-9(11)10-2/h3-5H,1,6H2,2H3,(H,10,11). The van der Waals surface area contributed by atoms with Gasteiger partial charge in [-0.3, -0.25) is 4.79 Å².